The summed E-state index contributed by atoms with van der Waals surface area (Å²) < 4.78 is 25.4. The van der Waals surface area contributed by atoms with E-state index in [4.69, 9.17) is 14.7 Å². The van der Waals surface area contributed by atoms with Crippen molar-refractivity contribution in [3.63, 3.8) is 0 Å². The first-order chi connectivity index (χ1) is 21.6. The van der Waals surface area contributed by atoms with E-state index in [1.165, 1.54) is 21.9 Å². The summed E-state index contributed by atoms with van der Waals surface area (Å²) in [5.74, 6) is -3.24. The third-order valence-corrected chi connectivity index (χ3v) is 8.67. The van der Waals surface area contributed by atoms with Crippen molar-refractivity contribution in [2.24, 2.45) is 11.8 Å². The summed E-state index contributed by atoms with van der Waals surface area (Å²) in [5, 5.41) is 16.4. The predicted molar refractivity (Wildman–Crippen MR) is 162 cm³/mol. The van der Waals surface area contributed by atoms with Gasteiger partial charge in [-0.1, -0.05) is 38.5 Å². The highest BCUT2D eigenvalue weighted by molar-refractivity contribution is 5.99. The number of amides is 5. The maximum absolute atomic E-state index is 14.3. The van der Waals surface area contributed by atoms with Crippen molar-refractivity contribution >= 4 is 29.9 Å². The van der Waals surface area contributed by atoms with Crippen LogP contribution in [0.25, 0.3) is 0 Å². The summed E-state index contributed by atoms with van der Waals surface area (Å²) in [7, 11) is 0. The van der Waals surface area contributed by atoms with Crippen LogP contribution < -0.4 is 16.0 Å². The zero-order valence-electron chi connectivity index (χ0n) is 26.7. The van der Waals surface area contributed by atoms with Crippen LogP contribution in [0.4, 0.5) is 14.0 Å². The molecule has 248 valence electrons. The fraction of sp³-hybridized carbons (Fsp3) is 0.562. The van der Waals surface area contributed by atoms with Gasteiger partial charge in [0, 0.05) is 24.4 Å². The van der Waals surface area contributed by atoms with Crippen LogP contribution in [0.3, 0.4) is 0 Å². The van der Waals surface area contributed by atoms with Crippen LogP contribution in [0.1, 0.15) is 65.0 Å². The number of hydrogen-bond donors (Lipinski definition) is 3. The standard InChI is InChI=1S/C32H41FN6O7/c1-7-18(3)25(36-29(43)46-31(4,5)6)27(41)39-15-21(45-30(44)38-14-19-10-9-11-23(33)22(19)16-38)12-24(39)26(40)37-32(13-20(32)8-2)28(42)35-17-34/h8-11,18,20-21,24-25H,2,7,12-16H2,1,3-6H3,(H,35,42)(H,36,43)(H,37,40)/t18?,20?,21-,24+,25-,32-/m1/s1. The molecule has 0 aromatic heterocycles. The maximum Gasteiger partial charge on any atom is 0.410 e. The number of benzene rings is 1. The number of fused-ring (bicyclic) bond motifs is 1. The zero-order chi connectivity index (χ0) is 34.0. The van der Waals surface area contributed by atoms with Crippen LogP contribution in [0, 0.1) is 29.1 Å². The van der Waals surface area contributed by atoms with E-state index in [2.05, 4.69) is 22.5 Å². The summed E-state index contributed by atoms with van der Waals surface area (Å²) >= 11 is 0. The summed E-state index contributed by atoms with van der Waals surface area (Å²) in [4.78, 5) is 69.2. The molecule has 2 aliphatic heterocycles. The molecule has 1 aromatic rings. The number of likely N-dealkylation sites (tertiary alicyclic amines) is 1. The number of halogens is 1. The molecule has 4 rings (SSSR count). The highest BCUT2D eigenvalue weighted by atomic mass is 19.1. The van der Waals surface area contributed by atoms with E-state index in [-0.39, 0.29) is 38.4 Å². The van der Waals surface area contributed by atoms with Crippen LogP contribution in [-0.2, 0) is 36.9 Å². The monoisotopic (exact) mass is 640 g/mol. The van der Waals surface area contributed by atoms with Gasteiger partial charge < -0.3 is 25.0 Å². The molecule has 1 saturated carbocycles. The number of carbonyl (C=O) groups excluding carboxylic acids is 5. The molecule has 2 unspecified atom stereocenters. The van der Waals surface area contributed by atoms with Gasteiger partial charge in [-0.3, -0.25) is 24.6 Å². The smallest absolute Gasteiger partial charge is 0.410 e. The maximum atomic E-state index is 14.3. The molecule has 1 aromatic carbocycles. The van der Waals surface area contributed by atoms with Gasteiger partial charge in [-0.05, 0) is 44.7 Å². The lowest BCUT2D eigenvalue weighted by Crippen LogP contribution is -2.58. The Balaban J connectivity index is 1.57. The Morgan fingerprint density at radius 2 is 1.96 bits per heavy atom. The van der Waals surface area contributed by atoms with Gasteiger partial charge in [-0.15, -0.1) is 6.58 Å². The molecule has 6 atom stereocenters. The molecule has 0 radical (unpaired) electrons. The molecule has 0 spiro atoms. The van der Waals surface area contributed by atoms with Gasteiger partial charge in [0.2, 0.25) is 11.8 Å². The molecule has 0 bridgehead atoms. The number of rotatable bonds is 9. The van der Waals surface area contributed by atoms with E-state index in [0.717, 1.165) is 0 Å². The van der Waals surface area contributed by atoms with E-state index < -0.39 is 71.0 Å². The lowest BCUT2D eigenvalue weighted by atomic mass is 9.97. The van der Waals surface area contributed by atoms with Gasteiger partial charge in [0.25, 0.3) is 5.91 Å². The fourth-order valence-corrected chi connectivity index (χ4v) is 5.90. The minimum atomic E-state index is -1.42. The Labute approximate surface area is 267 Å². The topological polar surface area (TPSA) is 170 Å². The third kappa shape index (κ3) is 7.24. The molecular formula is C32H41FN6O7. The van der Waals surface area contributed by atoms with Crippen molar-refractivity contribution < 1.29 is 37.8 Å². The number of nitrogens with one attached hydrogen (secondary N) is 3. The largest absolute Gasteiger partial charge is 0.444 e. The van der Waals surface area contributed by atoms with Crippen molar-refractivity contribution in [2.45, 2.75) is 96.3 Å². The van der Waals surface area contributed by atoms with Crippen molar-refractivity contribution in [2.75, 3.05) is 6.54 Å². The highest BCUT2D eigenvalue weighted by Crippen LogP contribution is 2.45. The second-order valence-corrected chi connectivity index (χ2v) is 13.1. The van der Waals surface area contributed by atoms with Crippen LogP contribution in [-0.4, -0.2) is 75.6 Å². The Hall–Kier alpha value is -4.67. The Bertz CT molecular complexity index is 1450. The molecule has 13 nitrogen and oxygen atoms in total. The van der Waals surface area contributed by atoms with E-state index in [0.29, 0.717) is 17.5 Å². The number of ether oxygens (including phenoxy) is 2. The van der Waals surface area contributed by atoms with Crippen LogP contribution in [0.5, 0.6) is 0 Å². The van der Waals surface area contributed by atoms with Gasteiger partial charge in [0.1, 0.15) is 35.1 Å². The van der Waals surface area contributed by atoms with Crippen LogP contribution in [0.15, 0.2) is 30.9 Å². The predicted octanol–water partition coefficient (Wildman–Crippen LogP) is 2.84. The van der Waals surface area contributed by atoms with E-state index in [1.54, 1.807) is 46.0 Å². The molecule has 1 aliphatic carbocycles. The third-order valence-electron chi connectivity index (χ3n) is 8.67. The molecule has 14 heteroatoms. The minimum absolute atomic E-state index is 0.00941. The summed E-state index contributed by atoms with van der Waals surface area (Å²) in [6.45, 7) is 12.3. The number of nitrogens with zero attached hydrogens (tertiary/aromatic N) is 3. The SMILES string of the molecule is C=CC1C[C@]1(NC(=O)[C@@H]1C[C@@H](OC(=O)N2Cc3cccc(F)c3C2)CN1C(=O)[C@H](NC(=O)OC(C)(C)C)C(C)CC)C(=O)NC#N. The van der Waals surface area contributed by atoms with Gasteiger partial charge in [-0.2, -0.15) is 5.26 Å². The summed E-state index contributed by atoms with van der Waals surface area (Å²) in [5.41, 5.74) is -1.20. The van der Waals surface area contributed by atoms with E-state index in [9.17, 15) is 28.4 Å². The lowest BCUT2D eigenvalue weighted by molar-refractivity contribution is -0.142. The van der Waals surface area contributed by atoms with E-state index in [1.807, 2.05) is 6.92 Å². The van der Waals surface area contributed by atoms with Gasteiger partial charge in [-0.25, -0.2) is 14.0 Å². The molecule has 2 heterocycles. The number of nitriles is 1. The number of hydrogen-bond acceptors (Lipinski definition) is 8. The number of alkyl carbamates (subject to hydrolysis) is 1. The minimum Gasteiger partial charge on any atom is -0.444 e. The average molecular weight is 641 g/mol. The lowest BCUT2D eigenvalue weighted by Gasteiger charge is -2.32. The van der Waals surface area contributed by atoms with Crippen molar-refractivity contribution in [3.8, 4) is 6.19 Å². The number of carbonyl (C=O) groups is 5. The van der Waals surface area contributed by atoms with Crippen molar-refractivity contribution in [1.29, 1.82) is 5.26 Å². The molecule has 46 heavy (non-hydrogen) atoms. The Morgan fingerprint density at radius 3 is 2.54 bits per heavy atom. The summed E-state index contributed by atoms with van der Waals surface area (Å²) in [6, 6.07) is 2.33. The first-order valence-electron chi connectivity index (χ1n) is 15.3. The second-order valence-electron chi connectivity index (χ2n) is 13.1. The molecular weight excluding hydrogens is 599 g/mol. The van der Waals surface area contributed by atoms with Gasteiger partial charge >= 0.3 is 12.2 Å². The van der Waals surface area contributed by atoms with Crippen molar-refractivity contribution in [1.82, 2.24) is 25.8 Å². The Kier molecular flexibility index (Phi) is 9.94. The molecule has 1 saturated heterocycles. The van der Waals surface area contributed by atoms with Gasteiger partial charge in [0.05, 0.1) is 13.1 Å². The van der Waals surface area contributed by atoms with Gasteiger partial charge in [0.15, 0.2) is 6.19 Å². The van der Waals surface area contributed by atoms with Crippen LogP contribution >= 0.6 is 0 Å². The molecule has 3 N–H and O–H groups in total. The van der Waals surface area contributed by atoms with Crippen molar-refractivity contribution in [3.05, 3.63) is 47.8 Å². The summed E-state index contributed by atoms with van der Waals surface area (Å²) in [6.07, 6.45) is 1.19. The van der Waals surface area contributed by atoms with Crippen LogP contribution in [0.2, 0.25) is 0 Å². The Morgan fingerprint density at radius 1 is 1.24 bits per heavy atom. The first-order valence-corrected chi connectivity index (χ1v) is 15.3. The molecule has 2 fully saturated rings. The average Bonchev–Trinajstić information content (AvgIpc) is 3.30. The molecule has 5 amide bonds. The highest BCUT2D eigenvalue weighted by Gasteiger charge is 2.61. The van der Waals surface area contributed by atoms with E-state index >= 15 is 0 Å². The molecule has 3 aliphatic rings. The quantitative estimate of drug-likeness (QED) is 0.210. The first kappa shape index (κ1) is 34.2. The zero-order valence-corrected chi connectivity index (χ0v) is 26.7. The second kappa shape index (κ2) is 13.4. The fourth-order valence-electron chi connectivity index (χ4n) is 5.90. The normalized spacial score (nSPS) is 24.5.